The molecule has 0 fully saturated rings. The molecule has 3 rings (SSSR count). The van der Waals surface area contributed by atoms with Gasteiger partial charge in [-0.15, -0.1) is 0 Å². The van der Waals surface area contributed by atoms with E-state index in [0.29, 0.717) is 11.9 Å². The topological polar surface area (TPSA) is 38.7 Å². The number of ether oxygens (including phenoxy) is 1. The molecule has 0 N–H and O–H groups in total. The van der Waals surface area contributed by atoms with Gasteiger partial charge >= 0.3 is 5.97 Å². The molecule has 0 saturated carbocycles. The van der Waals surface area contributed by atoms with E-state index in [0.717, 1.165) is 16.3 Å². The third-order valence-electron chi connectivity index (χ3n) is 4.05. The van der Waals surface area contributed by atoms with Crippen LogP contribution in [0.4, 0.5) is 0 Å². The van der Waals surface area contributed by atoms with Gasteiger partial charge in [-0.1, -0.05) is 60.7 Å². The van der Waals surface area contributed by atoms with Gasteiger partial charge in [0.15, 0.2) is 0 Å². The van der Waals surface area contributed by atoms with Crippen LogP contribution in [0.15, 0.2) is 76.7 Å². The van der Waals surface area contributed by atoms with Crippen molar-refractivity contribution in [3.05, 3.63) is 71.7 Å². The van der Waals surface area contributed by atoms with Crippen LogP contribution in [0, 0.1) is 0 Å². The first kappa shape index (κ1) is 16.5. The van der Waals surface area contributed by atoms with Gasteiger partial charge in [0, 0.05) is 6.21 Å². The second-order valence-corrected chi connectivity index (χ2v) is 8.70. The lowest BCUT2D eigenvalue weighted by Crippen LogP contribution is -2.26. The summed E-state index contributed by atoms with van der Waals surface area (Å²) in [7, 11) is 0. The first-order valence-corrected chi connectivity index (χ1v) is 9.83. The summed E-state index contributed by atoms with van der Waals surface area (Å²) in [6, 6.07) is 20.4. The van der Waals surface area contributed by atoms with E-state index >= 15 is 0 Å². The van der Waals surface area contributed by atoms with Crippen LogP contribution >= 0.6 is 6.89 Å². The number of carbonyl (C=O) groups is 1. The maximum Gasteiger partial charge on any atom is 0.341 e. The fourth-order valence-electron chi connectivity index (χ4n) is 3.03. The summed E-state index contributed by atoms with van der Waals surface area (Å²) in [5.41, 5.74) is 0.733. The molecule has 1 aliphatic rings. The minimum atomic E-state index is -2.22. The average Bonchev–Trinajstić information content (AvgIpc) is 2.63. The highest BCUT2D eigenvalue weighted by Crippen LogP contribution is 2.55. The maximum absolute atomic E-state index is 12.8. The van der Waals surface area contributed by atoms with E-state index in [-0.39, 0.29) is 5.97 Å². The Balaban J connectivity index is 2.36. The van der Waals surface area contributed by atoms with Gasteiger partial charge in [0.2, 0.25) is 0 Å². The molecular weight excluding hydrogens is 317 g/mol. The van der Waals surface area contributed by atoms with Gasteiger partial charge in [0.1, 0.15) is 0 Å². The summed E-state index contributed by atoms with van der Waals surface area (Å²) in [6.07, 6.45) is 1.83. The van der Waals surface area contributed by atoms with E-state index in [1.807, 2.05) is 56.5 Å². The number of esters is 1. The minimum absolute atomic E-state index is 0.274. The van der Waals surface area contributed by atoms with Crippen LogP contribution in [0.3, 0.4) is 0 Å². The zero-order chi connectivity index (χ0) is 17.0. The van der Waals surface area contributed by atoms with Crippen LogP contribution in [0.25, 0.3) is 0 Å². The first-order valence-electron chi connectivity index (χ1n) is 7.97. The molecule has 0 bridgehead atoms. The van der Waals surface area contributed by atoms with Gasteiger partial charge in [-0.25, -0.2) is 4.79 Å². The Morgan fingerprint density at radius 2 is 1.54 bits per heavy atom. The van der Waals surface area contributed by atoms with E-state index in [9.17, 15) is 4.79 Å². The quantitative estimate of drug-likeness (QED) is 0.634. The van der Waals surface area contributed by atoms with Crippen molar-refractivity contribution in [2.45, 2.75) is 13.8 Å². The van der Waals surface area contributed by atoms with Crippen molar-refractivity contribution in [1.29, 1.82) is 0 Å². The Kier molecular flexibility index (Phi) is 4.82. The van der Waals surface area contributed by atoms with Crippen LogP contribution in [0.2, 0.25) is 0 Å². The van der Waals surface area contributed by atoms with Crippen molar-refractivity contribution < 1.29 is 9.53 Å². The molecule has 0 radical (unpaired) electrons. The highest BCUT2D eigenvalue weighted by Gasteiger charge is 2.35. The molecular formula is C20H20NO2P. The monoisotopic (exact) mass is 337 g/mol. The van der Waals surface area contributed by atoms with Gasteiger partial charge in [-0.05, 0) is 37.1 Å². The van der Waals surface area contributed by atoms with Crippen molar-refractivity contribution in [2.24, 2.45) is 4.99 Å². The molecule has 2 aromatic rings. The molecule has 3 nitrogen and oxygen atoms in total. The molecule has 24 heavy (non-hydrogen) atoms. The van der Waals surface area contributed by atoms with Crippen LogP contribution in [-0.4, -0.2) is 24.6 Å². The van der Waals surface area contributed by atoms with Crippen molar-refractivity contribution in [3.8, 4) is 0 Å². The molecule has 0 amide bonds. The van der Waals surface area contributed by atoms with Crippen LogP contribution < -0.4 is 10.6 Å². The highest BCUT2D eigenvalue weighted by molar-refractivity contribution is 7.93. The number of benzene rings is 2. The first-order chi connectivity index (χ1) is 11.7. The second-order valence-electron chi connectivity index (χ2n) is 5.48. The summed E-state index contributed by atoms with van der Waals surface area (Å²) >= 11 is 0. The van der Waals surface area contributed by atoms with Gasteiger partial charge in [-0.3, -0.25) is 4.99 Å². The lowest BCUT2D eigenvalue weighted by atomic mass is 10.4. The Morgan fingerprint density at radius 1 is 1.00 bits per heavy atom. The molecule has 2 aromatic carbocycles. The highest BCUT2D eigenvalue weighted by atomic mass is 31.2. The Morgan fingerprint density at radius 3 is 2.04 bits per heavy atom. The standard InChI is InChI=1S/C20H20NO2P/c1-3-23-20(22)19-16(2)21-14-15-24(19,17-10-6-4-7-11-17)18-12-8-5-9-13-18/h4-15H,3H2,1-2H3. The molecule has 0 aromatic heterocycles. The predicted octanol–water partition coefficient (Wildman–Crippen LogP) is 3.34. The van der Waals surface area contributed by atoms with Gasteiger partial charge in [-0.2, -0.15) is 0 Å². The normalized spacial score (nSPS) is 15.8. The second kappa shape index (κ2) is 7.02. The van der Waals surface area contributed by atoms with E-state index in [1.54, 1.807) is 0 Å². The lowest BCUT2D eigenvalue weighted by molar-refractivity contribution is -0.137. The van der Waals surface area contributed by atoms with Crippen molar-refractivity contribution >= 4 is 35.5 Å². The largest absolute Gasteiger partial charge is 0.462 e. The lowest BCUT2D eigenvalue weighted by Gasteiger charge is -2.31. The number of allylic oxidation sites excluding steroid dienone is 1. The fraction of sp³-hybridized carbons (Fsp3) is 0.150. The van der Waals surface area contributed by atoms with Gasteiger partial charge < -0.3 is 4.74 Å². The Bertz CT molecular complexity index is 808. The molecule has 0 saturated heterocycles. The third kappa shape index (κ3) is 2.76. The molecule has 0 atom stereocenters. The molecule has 0 aliphatic carbocycles. The van der Waals surface area contributed by atoms with Crippen molar-refractivity contribution in [1.82, 2.24) is 0 Å². The van der Waals surface area contributed by atoms with Crippen LogP contribution in [0.5, 0.6) is 0 Å². The van der Waals surface area contributed by atoms with E-state index in [2.05, 4.69) is 35.1 Å². The zero-order valence-electron chi connectivity index (χ0n) is 13.8. The molecule has 4 heteroatoms. The minimum Gasteiger partial charge on any atom is -0.462 e. The van der Waals surface area contributed by atoms with Gasteiger partial charge in [0.25, 0.3) is 0 Å². The number of nitrogens with zero attached hydrogens (tertiary/aromatic N) is 1. The number of hydrogen-bond acceptors (Lipinski definition) is 3. The molecule has 122 valence electrons. The van der Waals surface area contributed by atoms with E-state index in [4.69, 9.17) is 4.74 Å². The summed E-state index contributed by atoms with van der Waals surface area (Å²) in [5, 5.41) is 2.94. The zero-order valence-corrected chi connectivity index (χ0v) is 14.7. The number of rotatable bonds is 4. The Labute approximate surface area is 142 Å². The SMILES string of the molecule is CCOC(=O)C1=C(C)N=CC=P1(c1ccccc1)c1ccccc1. The maximum atomic E-state index is 12.8. The predicted molar refractivity (Wildman–Crippen MR) is 103 cm³/mol. The van der Waals surface area contributed by atoms with Gasteiger partial charge in [0.05, 0.1) is 17.6 Å². The summed E-state index contributed by atoms with van der Waals surface area (Å²) < 4.78 is 5.39. The average molecular weight is 337 g/mol. The van der Waals surface area contributed by atoms with Crippen LogP contribution in [-0.2, 0) is 9.53 Å². The Hall–Kier alpha value is -2.38. The number of hydrogen-bond donors (Lipinski definition) is 0. The summed E-state index contributed by atoms with van der Waals surface area (Å²) in [4.78, 5) is 17.2. The van der Waals surface area contributed by atoms with Crippen LogP contribution in [0.1, 0.15) is 13.8 Å². The molecule has 1 heterocycles. The van der Waals surface area contributed by atoms with Crippen molar-refractivity contribution in [3.63, 3.8) is 0 Å². The summed E-state index contributed by atoms with van der Waals surface area (Å²) in [5.74, 6) is 1.82. The van der Waals surface area contributed by atoms with E-state index in [1.165, 1.54) is 0 Å². The van der Waals surface area contributed by atoms with Crippen molar-refractivity contribution in [2.75, 3.05) is 6.61 Å². The van der Waals surface area contributed by atoms with E-state index < -0.39 is 6.89 Å². The number of aliphatic imine (C=N–C) groups is 1. The third-order valence-corrected chi connectivity index (χ3v) is 8.07. The number of carbonyl (C=O) groups excluding carboxylic acids is 1. The molecule has 0 unspecified atom stereocenters. The molecule has 1 aliphatic heterocycles. The molecule has 0 spiro atoms. The smallest absolute Gasteiger partial charge is 0.341 e. The fourth-order valence-corrected chi connectivity index (χ4v) is 6.81. The summed E-state index contributed by atoms with van der Waals surface area (Å²) in [6.45, 7) is 1.85.